The van der Waals surface area contributed by atoms with Gasteiger partial charge in [-0.25, -0.2) is 12.8 Å². The molecule has 0 radical (unpaired) electrons. The molecule has 1 heterocycles. The first kappa shape index (κ1) is 15.2. The van der Waals surface area contributed by atoms with E-state index >= 15 is 0 Å². The summed E-state index contributed by atoms with van der Waals surface area (Å²) in [6.07, 6.45) is 0. The molecule has 108 valence electrons. The van der Waals surface area contributed by atoms with Crippen molar-refractivity contribution in [2.75, 3.05) is 0 Å². The largest absolute Gasteiger partial charge is 0.296 e. The van der Waals surface area contributed by atoms with Crippen molar-refractivity contribution in [3.05, 3.63) is 29.0 Å². The summed E-state index contributed by atoms with van der Waals surface area (Å²) < 4.78 is 38.2. The van der Waals surface area contributed by atoms with Crippen molar-refractivity contribution in [1.82, 2.24) is 14.8 Å². The van der Waals surface area contributed by atoms with Crippen LogP contribution in [0.15, 0.2) is 23.4 Å². The number of nitrogens with zero attached hydrogens (tertiary/aromatic N) is 3. The number of hydrogen-bond acceptors (Lipinski definition) is 4. The Balaban J connectivity index is 2.76. The molecule has 0 bridgehead atoms. The minimum atomic E-state index is -4.08. The summed E-state index contributed by atoms with van der Waals surface area (Å²) in [6.45, 7) is 3.42. The van der Waals surface area contributed by atoms with Gasteiger partial charge in [0, 0.05) is 16.7 Å². The fraction of sp³-hybridized carbons (Fsp3) is 0.273. The molecule has 0 N–H and O–H groups in total. The first-order valence-corrected chi connectivity index (χ1v) is 8.26. The van der Waals surface area contributed by atoms with Crippen molar-refractivity contribution in [3.63, 3.8) is 0 Å². The van der Waals surface area contributed by atoms with E-state index in [-0.39, 0.29) is 22.5 Å². The maximum absolute atomic E-state index is 14.0. The van der Waals surface area contributed by atoms with Gasteiger partial charge in [0.25, 0.3) is 14.2 Å². The molecule has 0 aliphatic heterocycles. The molecular formula is C11H10Cl2FN3O2S. The van der Waals surface area contributed by atoms with Crippen molar-refractivity contribution < 1.29 is 12.8 Å². The number of aromatic nitrogens is 3. The van der Waals surface area contributed by atoms with Gasteiger partial charge < -0.3 is 0 Å². The Bertz CT molecular complexity index is 759. The van der Waals surface area contributed by atoms with Crippen LogP contribution in [0.2, 0.25) is 5.02 Å². The highest BCUT2D eigenvalue weighted by Gasteiger charge is 2.26. The fourth-order valence-corrected chi connectivity index (χ4v) is 2.93. The van der Waals surface area contributed by atoms with Crippen LogP contribution in [0.5, 0.6) is 0 Å². The highest BCUT2D eigenvalue weighted by Crippen LogP contribution is 2.30. The zero-order valence-electron chi connectivity index (χ0n) is 10.5. The van der Waals surface area contributed by atoms with Crippen LogP contribution in [0.3, 0.4) is 0 Å². The van der Waals surface area contributed by atoms with E-state index in [0.717, 1.165) is 0 Å². The molecule has 0 aliphatic rings. The van der Waals surface area contributed by atoms with Crippen molar-refractivity contribution >= 4 is 31.3 Å². The van der Waals surface area contributed by atoms with Crippen LogP contribution in [0.25, 0.3) is 11.4 Å². The molecule has 0 saturated carbocycles. The summed E-state index contributed by atoms with van der Waals surface area (Å²) in [7, 11) is 1.23. The van der Waals surface area contributed by atoms with E-state index < -0.39 is 20.0 Å². The standard InChI is InChI=1S/C11H10Cl2FN3O2S/c1-6(2)17-10(15-16-11(17)20(13,18)19)7-4-3-5-8(12)9(7)14/h3-6H,1-2H3. The molecule has 0 fully saturated rings. The molecule has 1 aromatic heterocycles. The van der Waals surface area contributed by atoms with Crippen LogP contribution in [0, 0.1) is 5.82 Å². The summed E-state index contributed by atoms with van der Waals surface area (Å²) in [5.41, 5.74) is 0.0604. The lowest BCUT2D eigenvalue weighted by Gasteiger charge is -2.13. The summed E-state index contributed by atoms with van der Waals surface area (Å²) in [4.78, 5) is 0. The lowest BCUT2D eigenvalue weighted by Crippen LogP contribution is -2.10. The van der Waals surface area contributed by atoms with Crippen molar-refractivity contribution in [2.24, 2.45) is 0 Å². The molecule has 0 atom stereocenters. The molecule has 0 saturated heterocycles. The van der Waals surface area contributed by atoms with Gasteiger partial charge in [0.1, 0.15) is 0 Å². The Morgan fingerprint density at radius 3 is 2.50 bits per heavy atom. The normalized spacial score (nSPS) is 12.1. The van der Waals surface area contributed by atoms with E-state index in [1.165, 1.54) is 22.8 Å². The van der Waals surface area contributed by atoms with Crippen LogP contribution in [0.4, 0.5) is 4.39 Å². The number of rotatable bonds is 3. The maximum atomic E-state index is 14.0. The van der Waals surface area contributed by atoms with E-state index in [0.29, 0.717) is 0 Å². The van der Waals surface area contributed by atoms with Gasteiger partial charge in [0.2, 0.25) is 0 Å². The highest BCUT2D eigenvalue weighted by molar-refractivity contribution is 8.13. The molecule has 9 heteroatoms. The van der Waals surface area contributed by atoms with Gasteiger partial charge in [-0.2, -0.15) is 0 Å². The van der Waals surface area contributed by atoms with E-state index in [4.69, 9.17) is 22.3 Å². The maximum Gasteiger partial charge on any atom is 0.296 e. The Morgan fingerprint density at radius 1 is 1.30 bits per heavy atom. The quantitative estimate of drug-likeness (QED) is 0.806. The monoisotopic (exact) mass is 337 g/mol. The Morgan fingerprint density at radius 2 is 1.95 bits per heavy atom. The van der Waals surface area contributed by atoms with Gasteiger partial charge >= 0.3 is 0 Å². The van der Waals surface area contributed by atoms with E-state index in [1.807, 2.05) is 0 Å². The Labute approximate surface area is 124 Å². The average molecular weight is 338 g/mol. The lowest BCUT2D eigenvalue weighted by molar-refractivity contribution is 0.528. The summed E-state index contributed by atoms with van der Waals surface area (Å²) in [5.74, 6) is -0.638. The molecule has 2 rings (SSSR count). The molecule has 0 spiro atoms. The van der Waals surface area contributed by atoms with Gasteiger partial charge in [0.05, 0.1) is 10.6 Å². The second-order valence-corrected chi connectivity index (χ2v) is 7.18. The van der Waals surface area contributed by atoms with Crippen LogP contribution in [-0.4, -0.2) is 23.2 Å². The Hall–Kier alpha value is -1.18. The first-order chi connectivity index (χ1) is 9.23. The third kappa shape index (κ3) is 2.65. The molecule has 0 amide bonds. The summed E-state index contributed by atoms with van der Waals surface area (Å²) in [6, 6.07) is 4.03. The third-order valence-electron chi connectivity index (χ3n) is 2.59. The summed E-state index contributed by atoms with van der Waals surface area (Å²) in [5, 5.41) is 6.75. The van der Waals surface area contributed by atoms with Crippen molar-refractivity contribution in [1.29, 1.82) is 0 Å². The van der Waals surface area contributed by atoms with Gasteiger partial charge in [0.15, 0.2) is 11.6 Å². The van der Waals surface area contributed by atoms with Crippen LogP contribution in [0.1, 0.15) is 19.9 Å². The van der Waals surface area contributed by atoms with Crippen LogP contribution in [-0.2, 0) is 9.05 Å². The zero-order valence-corrected chi connectivity index (χ0v) is 12.8. The molecule has 0 unspecified atom stereocenters. The van der Waals surface area contributed by atoms with Crippen LogP contribution < -0.4 is 0 Å². The van der Waals surface area contributed by atoms with Gasteiger partial charge in [-0.15, -0.1) is 10.2 Å². The predicted molar refractivity (Wildman–Crippen MR) is 73.8 cm³/mol. The van der Waals surface area contributed by atoms with Crippen LogP contribution >= 0.6 is 22.3 Å². The second kappa shape index (κ2) is 5.31. The van der Waals surface area contributed by atoms with Crippen molar-refractivity contribution in [2.45, 2.75) is 25.0 Å². The zero-order chi connectivity index (χ0) is 15.1. The van der Waals surface area contributed by atoms with Gasteiger partial charge in [-0.05, 0) is 26.0 Å². The number of hydrogen-bond donors (Lipinski definition) is 0. The van der Waals surface area contributed by atoms with Gasteiger partial charge in [-0.1, -0.05) is 17.7 Å². The fourth-order valence-electron chi connectivity index (χ4n) is 1.77. The van der Waals surface area contributed by atoms with E-state index in [2.05, 4.69) is 10.2 Å². The van der Waals surface area contributed by atoms with E-state index in [1.54, 1.807) is 13.8 Å². The molecule has 1 aromatic carbocycles. The number of halogens is 3. The third-order valence-corrected chi connectivity index (χ3v) is 4.01. The molecular weight excluding hydrogens is 328 g/mol. The summed E-state index contributed by atoms with van der Waals surface area (Å²) >= 11 is 5.72. The van der Waals surface area contributed by atoms with Gasteiger partial charge in [-0.3, -0.25) is 4.57 Å². The smallest absolute Gasteiger partial charge is 0.294 e. The van der Waals surface area contributed by atoms with Crippen molar-refractivity contribution in [3.8, 4) is 11.4 Å². The Kier molecular flexibility index (Phi) is 4.04. The molecule has 0 aliphatic carbocycles. The molecule has 20 heavy (non-hydrogen) atoms. The number of benzene rings is 1. The first-order valence-electron chi connectivity index (χ1n) is 5.57. The highest BCUT2D eigenvalue weighted by atomic mass is 35.7. The minimum Gasteiger partial charge on any atom is -0.294 e. The van der Waals surface area contributed by atoms with E-state index in [9.17, 15) is 12.8 Å². The average Bonchev–Trinajstić information content (AvgIpc) is 2.77. The predicted octanol–water partition coefficient (Wildman–Crippen LogP) is 3.25. The lowest BCUT2D eigenvalue weighted by atomic mass is 10.2. The minimum absolute atomic E-state index is 0.0548. The molecule has 2 aromatic rings. The second-order valence-electron chi connectivity index (χ2n) is 4.31. The SMILES string of the molecule is CC(C)n1c(-c2cccc(Cl)c2F)nnc1S(=O)(=O)Cl. The molecule has 5 nitrogen and oxygen atoms in total. The topological polar surface area (TPSA) is 64.8 Å².